The number of hydrogen-bond donors (Lipinski definition) is 0. The van der Waals surface area contributed by atoms with Gasteiger partial charge in [0, 0.05) is 13.1 Å². The first-order valence-electron chi connectivity index (χ1n) is 7.87. The highest BCUT2D eigenvalue weighted by Crippen LogP contribution is 2.28. The zero-order valence-electron chi connectivity index (χ0n) is 14.1. The van der Waals surface area contributed by atoms with Gasteiger partial charge in [0.15, 0.2) is 0 Å². The lowest BCUT2D eigenvalue weighted by Gasteiger charge is -2.42. The zero-order chi connectivity index (χ0) is 16.6. The fourth-order valence-electron chi connectivity index (χ4n) is 3.14. The van der Waals surface area contributed by atoms with E-state index in [4.69, 9.17) is 0 Å². The lowest BCUT2D eigenvalue weighted by Crippen LogP contribution is -2.54. The van der Waals surface area contributed by atoms with E-state index in [0.29, 0.717) is 13.1 Å². The second-order valence-corrected chi connectivity index (χ2v) is 6.32. The van der Waals surface area contributed by atoms with Crippen LogP contribution in [0, 0.1) is 13.8 Å². The van der Waals surface area contributed by atoms with Gasteiger partial charge in [0.2, 0.25) is 5.91 Å². The number of rotatable bonds is 4. The van der Waals surface area contributed by atoms with Crippen LogP contribution in [0.25, 0.3) is 0 Å². The van der Waals surface area contributed by atoms with Crippen molar-refractivity contribution in [1.29, 1.82) is 0 Å². The molecule has 1 unspecified atom stereocenters. The van der Waals surface area contributed by atoms with Crippen LogP contribution >= 0.6 is 0 Å². The fraction of sp³-hybridized carbons (Fsp3) is 0.471. The van der Waals surface area contributed by atoms with E-state index < -0.39 is 0 Å². The van der Waals surface area contributed by atoms with Gasteiger partial charge in [0.1, 0.15) is 17.7 Å². The molecular weight excluding hydrogens is 290 g/mol. The largest absolute Gasteiger partial charge is 0.337 e. The molecule has 1 atom stereocenters. The highest BCUT2D eigenvalue weighted by atomic mass is 16.2. The van der Waals surface area contributed by atoms with Crippen molar-refractivity contribution in [2.75, 3.05) is 27.2 Å². The lowest BCUT2D eigenvalue weighted by atomic mass is 10.0. The van der Waals surface area contributed by atoms with Crippen molar-refractivity contribution in [2.45, 2.75) is 25.9 Å². The van der Waals surface area contributed by atoms with Crippen molar-refractivity contribution in [2.24, 2.45) is 0 Å². The highest BCUT2D eigenvalue weighted by molar-refractivity contribution is 5.84. The van der Waals surface area contributed by atoms with Gasteiger partial charge < -0.3 is 4.90 Å². The van der Waals surface area contributed by atoms with Gasteiger partial charge in [-0.2, -0.15) is 5.10 Å². The number of likely N-dealkylation sites (tertiary alicyclic amines) is 1. The number of carbonyl (C=O) groups is 1. The number of likely N-dealkylation sites (N-methyl/N-ethyl adjacent to an activating group) is 1. The van der Waals surface area contributed by atoms with Crippen LogP contribution < -0.4 is 0 Å². The lowest BCUT2D eigenvalue weighted by molar-refractivity contribution is -0.142. The number of benzene rings is 1. The predicted octanol–water partition coefficient (Wildman–Crippen LogP) is 1.58. The topological polar surface area (TPSA) is 54.3 Å². The minimum atomic E-state index is -0.240. The van der Waals surface area contributed by atoms with Gasteiger partial charge in [0.25, 0.3) is 0 Å². The van der Waals surface area contributed by atoms with Gasteiger partial charge in [-0.1, -0.05) is 30.3 Å². The molecule has 0 radical (unpaired) electrons. The average Bonchev–Trinajstić information content (AvgIpc) is 2.77. The fourth-order valence-corrected chi connectivity index (χ4v) is 3.14. The normalized spacial score (nSPS) is 16.5. The van der Waals surface area contributed by atoms with Gasteiger partial charge in [-0.3, -0.25) is 9.69 Å². The van der Waals surface area contributed by atoms with E-state index in [1.54, 1.807) is 0 Å². The minimum absolute atomic E-state index is 0.145. The molecule has 0 aliphatic carbocycles. The standard InChI is InChI=1S/C17H23N5O/c1-12-18-13(2)22(19-12)15-10-21(11-15)17(23)16(20(3)4)14-8-6-5-7-9-14/h5-9,15-16H,10-11H2,1-4H3. The molecule has 1 aromatic carbocycles. The summed E-state index contributed by atoms with van der Waals surface area (Å²) in [5.74, 6) is 1.83. The number of aryl methyl sites for hydroxylation is 2. The third-order valence-corrected chi connectivity index (χ3v) is 4.29. The van der Waals surface area contributed by atoms with E-state index in [1.165, 1.54) is 0 Å². The third kappa shape index (κ3) is 2.99. The molecule has 1 aliphatic rings. The molecule has 0 bridgehead atoms. The van der Waals surface area contributed by atoms with Gasteiger partial charge in [-0.15, -0.1) is 0 Å². The molecule has 0 spiro atoms. The molecule has 122 valence electrons. The van der Waals surface area contributed by atoms with E-state index >= 15 is 0 Å². The van der Waals surface area contributed by atoms with Crippen LogP contribution in [0.3, 0.4) is 0 Å². The summed E-state index contributed by atoms with van der Waals surface area (Å²) in [6.07, 6.45) is 0. The molecular formula is C17H23N5O. The number of aromatic nitrogens is 3. The number of amides is 1. The quantitative estimate of drug-likeness (QED) is 0.860. The first-order valence-corrected chi connectivity index (χ1v) is 7.87. The SMILES string of the molecule is Cc1nc(C)n(C2CN(C(=O)C(c3ccccc3)N(C)C)C2)n1. The number of carbonyl (C=O) groups excluding carboxylic acids is 1. The Balaban J connectivity index is 1.71. The number of nitrogens with zero attached hydrogens (tertiary/aromatic N) is 5. The van der Waals surface area contributed by atoms with E-state index in [1.807, 2.05) is 72.8 Å². The Labute approximate surface area is 136 Å². The van der Waals surface area contributed by atoms with E-state index in [2.05, 4.69) is 10.1 Å². The molecule has 6 nitrogen and oxygen atoms in total. The molecule has 0 saturated carbocycles. The van der Waals surface area contributed by atoms with Gasteiger partial charge >= 0.3 is 0 Å². The molecule has 1 aliphatic heterocycles. The first kappa shape index (κ1) is 15.7. The molecule has 2 heterocycles. The van der Waals surface area contributed by atoms with E-state index in [-0.39, 0.29) is 18.0 Å². The Kier molecular flexibility index (Phi) is 4.17. The number of hydrogen-bond acceptors (Lipinski definition) is 4. The first-order chi connectivity index (χ1) is 11.0. The Bertz CT molecular complexity index is 688. The van der Waals surface area contributed by atoms with Crippen LogP contribution in [0.2, 0.25) is 0 Å². The molecule has 3 rings (SSSR count). The van der Waals surface area contributed by atoms with Crippen LogP contribution in [-0.4, -0.2) is 57.7 Å². The summed E-state index contributed by atoms with van der Waals surface area (Å²) in [7, 11) is 3.88. The second-order valence-electron chi connectivity index (χ2n) is 6.32. The summed E-state index contributed by atoms with van der Waals surface area (Å²) in [5.41, 5.74) is 1.03. The Morgan fingerprint density at radius 3 is 2.39 bits per heavy atom. The Hall–Kier alpha value is -2.21. The van der Waals surface area contributed by atoms with E-state index in [9.17, 15) is 4.79 Å². The summed E-state index contributed by atoms with van der Waals surface area (Å²) in [4.78, 5) is 21.1. The maximum atomic E-state index is 12.9. The predicted molar refractivity (Wildman–Crippen MR) is 88.0 cm³/mol. The third-order valence-electron chi connectivity index (χ3n) is 4.29. The zero-order valence-corrected chi connectivity index (χ0v) is 14.1. The molecule has 1 saturated heterocycles. The second kappa shape index (κ2) is 6.12. The van der Waals surface area contributed by atoms with Crippen LogP contribution in [0.1, 0.15) is 29.3 Å². The smallest absolute Gasteiger partial charge is 0.244 e. The summed E-state index contributed by atoms with van der Waals surface area (Å²) >= 11 is 0. The van der Waals surface area contributed by atoms with Gasteiger partial charge in [0.05, 0.1) is 6.04 Å². The maximum Gasteiger partial charge on any atom is 0.244 e. The van der Waals surface area contributed by atoms with Crippen molar-refractivity contribution < 1.29 is 4.79 Å². The minimum Gasteiger partial charge on any atom is -0.337 e. The Morgan fingerprint density at radius 1 is 1.22 bits per heavy atom. The highest BCUT2D eigenvalue weighted by Gasteiger charge is 2.37. The summed E-state index contributed by atoms with van der Waals surface area (Å²) in [5, 5.41) is 4.42. The van der Waals surface area contributed by atoms with Crippen LogP contribution in [0.5, 0.6) is 0 Å². The molecule has 1 fully saturated rings. The molecule has 1 aromatic heterocycles. The van der Waals surface area contributed by atoms with Gasteiger partial charge in [-0.25, -0.2) is 9.67 Å². The van der Waals surface area contributed by atoms with Crippen molar-refractivity contribution >= 4 is 5.91 Å². The maximum absolute atomic E-state index is 12.9. The van der Waals surface area contributed by atoms with Gasteiger partial charge in [-0.05, 0) is 33.5 Å². The average molecular weight is 313 g/mol. The summed E-state index contributed by atoms with van der Waals surface area (Å²) in [6, 6.07) is 9.92. The Morgan fingerprint density at radius 2 is 1.87 bits per heavy atom. The molecule has 1 amide bonds. The molecule has 6 heteroatoms. The van der Waals surface area contributed by atoms with Crippen molar-refractivity contribution in [3.8, 4) is 0 Å². The molecule has 2 aromatic rings. The summed E-state index contributed by atoms with van der Waals surface area (Å²) < 4.78 is 1.94. The van der Waals surface area contributed by atoms with Crippen molar-refractivity contribution in [3.63, 3.8) is 0 Å². The monoisotopic (exact) mass is 313 g/mol. The van der Waals surface area contributed by atoms with Crippen molar-refractivity contribution in [1.82, 2.24) is 24.6 Å². The summed E-state index contributed by atoms with van der Waals surface area (Å²) in [6.45, 7) is 5.24. The van der Waals surface area contributed by atoms with E-state index in [0.717, 1.165) is 17.2 Å². The molecule has 0 N–H and O–H groups in total. The molecule has 23 heavy (non-hydrogen) atoms. The van der Waals surface area contributed by atoms with Crippen LogP contribution in [-0.2, 0) is 4.79 Å². The van der Waals surface area contributed by atoms with Crippen LogP contribution in [0.15, 0.2) is 30.3 Å². The van der Waals surface area contributed by atoms with Crippen molar-refractivity contribution in [3.05, 3.63) is 47.5 Å². The van der Waals surface area contributed by atoms with Crippen LogP contribution in [0.4, 0.5) is 0 Å².